The molecule has 14 aromatic carbocycles. The Morgan fingerprint density at radius 2 is 0.733 bits per heavy atom. The Morgan fingerprint density at radius 1 is 0.326 bits per heavy atom. The zero-order chi connectivity index (χ0) is 69.1. The van der Waals surface area contributed by atoms with E-state index in [0.717, 1.165) is 82.1 Å². The summed E-state index contributed by atoms with van der Waals surface area (Å²) in [5, 5.41) is 7.31. The summed E-state index contributed by atoms with van der Waals surface area (Å²) in [5.41, 5.74) is 13.6. The number of fused-ring (bicyclic) bond motifs is 8. The number of nitrogens with zero attached hydrogens (tertiary/aromatic N) is 1. The summed E-state index contributed by atoms with van der Waals surface area (Å²) >= 11 is 3.47. The Hall–Kier alpha value is -10.3. The fourth-order valence-electron chi connectivity index (χ4n) is 10.6. The molecule has 0 saturated heterocycles. The summed E-state index contributed by atoms with van der Waals surface area (Å²) in [7, 11) is 0. The third kappa shape index (κ3) is 11.3. The van der Waals surface area contributed by atoms with E-state index in [1.54, 1.807) is 17.0 Å². The molecular formula is C80H55BrN2O2P-3. The molecule has 0 unspecified atom stereocenters. The molecule has 0 aliphatic carbocycles. The molecule has 4 nitrogen and oxygen atoms in total. The summed E-state index contributed by atoms with van der Waals surface area (Å²) in [5.74, 6) is 0. The van der Waals surface area contributed by atoms with Crippen molar-refractivity contribution < 1.29 is 28.0 Å². The molecule has 0 aliphatic heterocycles. The number of halogens is 1. The van der Waals surface area contributed by atoms with Gasteiger partial charge in [-0.05, 0) is 117 Å². The van der Waals surface area contributed by atoms with Gasteiger partial charge in [0, 0.05) is 70.7 Å². The largest absolute Gasteiger partial charge is 3.00 e. The van der Waals surface area contributed by atoms with Crippen LogP contribution in [0.25, 0.3) is 110 Å². The highest BCUT2D eigenvalue weighted by molar-refractivity contribution is 9.10. The van der Waals surface area contributed by atoms with Gasteiger partial charge in [0.2, 0.25) is 0 Å². The first-order valence-corrected chi connectivity index (χ1v) is 28.2. The van der Waals surface area contributed by atoms with Crippen LogP contribution in [0.2, 0.25) is 0 Å². The molecule has 0 spiro atoms. The number of nitrogens with one attached hydrogen (secondary N) is 1. The fraction of sp³-hybridized carbons (Fsp3) is 0. The summed E-state index contributed by atoms with van der Waals surface area (Å²) < 4.78 is 131. The van der Waals surface area contributed by atoms with E-state index in [0.29, 0.717) is 17.1 Å². The molecule has 0 fully saturated rings. The summed E-state index contributed by atoms with van der Waals surface area (Å²) in [6.45, 7) is 0. The second-order valence-corrected chi connectivity index (χ2v) is 20.8. The Kier molecular flexibility index (Phi) is 11.8. The predicted octanol–water partition coefficient (Wildman–Crippen LogP) is 24.7. The van der Waals surface area contributed by atoms with Crippen molar-refractivity contribution in [3.8, 4) is 44.5 Å². The standard InChI is InChI=1S/C40H27NO.C22H17N.C18H11BrO.P/c1-2-10-28(11-3-1)29-20-24-32(25-21-29)41(38-18-8-13-30-12-4-5-14-34(30)38)33-26-22-31(23-27-33)35-16-9-17-37-36-15-6-7-19-39(36)42-40(35)37;1-2-7-17(8-3-1)18-13-15-20(16-14-18)23-22-12-6-10-19-9-4-5-11-21(19)22;19-13-10-8-12(9-11-13)14-5-3-6-16-15-4-1-2-7-17(15)20-18(14)16;/h1-27H;1-16,23H;1-11H;/q;;;-3/i4D,5D,8D,12D,13D,14D,18D;4D,5D,6D,9D,10D,11D,12D;;. The number of rotatable bonds is 9. The van der Waals surface area contributed by atoms with Crippen LogP contribution in [-0.2, 0) is 0 Å². The summed E-state index contributed by atoms with van der Waals surface area (Å²) in [4.78, 5) is 1.74. The molecule has 1 N–H and O–H groups in total. The number of hydrogen-bond donors (Lipinski definition) is 1. The lowest BCUT2D eigenvalue weighted by atomic mass is 10.0. The number of para-hydroxylation sites is 4. The van der Waals surface area contributed by atoms with Gasteiger partial charge in [0.15, 0.2) is 0 Å². The van der Waals surface area contributed by atoms with Gasteiger partial charge in [-0.1, -0.05) is 270 Å². The van der Waals surface area contributed by atoms with Crippen LogP contribution in [0.5, 0.6) is 0 Å². The molecule has 16 rings (SSSR count). The normalized spacial score (nSPS) is 13.3. The van der Waals surface area contributed by atoms with E-state index in [1.807, 2.05) is 182 Å². The first kappa shape index (κ1) is 40.8. The average Bonchev–Trinajstić information content (AvgIpc) is 1.05. The minimum absolute atomic E-state index is 0. The molecule has 16 aromatic rings. The molecule has 0 atom stereocenters. The maximum Gasteiger partial charge on any atom is 0.143 e. The van der Waals surface area contributed by atoms with Gasteiger partial charge in [0.1, 0.15) is 22.3 Å². The van der Waals surface area contributed by atoms with Crippen molar-refractivity contribution in [1.29, 1.82) is 0 Å². The zero-order valence-corrected chi connectivity index (χ0v) is 48.2. The molecule has 0 bridgehead atoms. The lowest BCUT2D eigenvalue weighted by Crippen LogP contribution is -2.10. The maximum absolute atomic E-state index is 9.12. The van der Waals surface area contributed by atoms with E-state index in [1.165, 1.54) is 10.8 Å². The molecule has 6 heteroatoms. The number of benzene rings is 14. The highest BCUT2D eigenvalue weighted by atomic mass is 79.9. The van der Waals surface area contributed by atoms with Crippen molar-refractivity contribution in [2.24, 2.45) is 0 Å². The van der Waals surface area contributed by atoms with Gasteiger partial charge >= 0.3 is 0 Å². The van der Waals surface area contributed by atoms with Crippen molar-refractivity contribution in [2.75, 3.05) is 10.2 Å². The van der Waals surface area contributed by atoms with Gasteiger partial charge in [-0.15, -0.1) is 0 Å². The lowest BCUT2D eigenvalue weighted by Gasteiger charge is -3.00. The van der Waals surface area contributed by atoms with Crippen LogP contribution in [0.15, 0.2) is 341 Å². The minimum Gasteiger partial charge on any atom is -3.00 e. The molecular weight excluding hydrogens is 1130 g/mol. The molecule has 2 heterocycles. The van der Waals surface area contributed by atoms with Crippen LogP contribution < -0.4 is 10.2 Å². The average molecular weight is 1200 g/mol. The Labute approximate surface area is 531 Å². The Bertz CT molecular complexity index is 5810. The second kappa shape index (κ2) is 24.9. The minimum atomic E-state index is -0.489. The number of anilines is 5. The van der Waals surface area contributed by atoms with Crippen LogP contribution in [0.1, 0.15) is 19.2 Å². The number of hydrogen-bond acceptors (Lipinski definition) is 4. The summed E-state index contributed by atoms with van der Waals surface area (Å²) in [6, 6.07) is 73.7. The fourth-order valence-corrected chi connectivity index (χ4v) is 10.9. The van der Waals surface area contributed by atoms with Gasteiger partial charge in [-0.25, -0.2) is 0 Å². The van der Waals surface area contributed by atoms with Crippen molar-refractivity contribution in [1.82, 2.24) is 0 Å². The van der Waals surface area contributed by atoms with Gasteiger partial charge in [0.25, 0.3) is 0 Å². The third-order valence-electron chi connectivity index (χ3n) is 14.7. The molecule has 2 aromatic heterocycles. The Balaban J connectivity index is 0.000000149. The molecule has 0 amide bonds. The van der Waals surface area contributed by atoms with E-state index in [9.17, 15) is 0 Å². The van der Waals surface area contributed by atoms with Crippen LogP contribution in [0, 0.1) is 0 Å². The van der Waals surface area contributed by atoms with Gasteiger partial charge in [-0.2, -0.15) is 0 Å². The van der Waals surface area contributed by atoms with Gasteiger partial charge in [0.05, 0.1) is 24.9 Å². The van der Waals surface area contributed by atoms with Gasteiger partial charge in [-0.3, -0.25) is 0 Å². The highest BCUT2D eigenvalue weighted by Gasteiger charge is 2.18. The highest BCUT2D eigenvalue weighted by Crippen LogP contribution is 2.42. The quantitative estimate of drug-likeness (QED) is 0.146. The molecule has 0 radical (unpaired) electrons. The van der Waals surface area contributed by atoms with E-state index >= 15 is 0 Å². The van der Waals surface area contributed by atoms with Crippen LogP contribution in [0.3, 0.4) is 0 Å². The smallest absolute Gasteiger partial charge is 0.143 e. The maximum atomic E-state index is 9.12. The monoisotopic (exact) mass is 1200 g/mol. The van der Waals surface area contributed by atoms with E-state index in [4.69, 9.17) is 28.0 Å². The molecule has 86 heavy (non-hydrogen) atoms. The molecule has 412 valence electrons. The number of furan rings is 2. The van der Waals surface area contributed by atoms with Crippen molar-refractivity contribution in [2.45, 2.75) is 0 Å². The van der Waals surface area contributed by atoms with E-state index in [-0.39, 0.29) is 79.1 Å². The molecule has 0 saturated carbocycles. The summed E-state index contributed by atoms with van der Waals surface area (Å²) in [6.07, 6.45) is 0. The van der Waals surface area contributed by atoms with Crippen molar-refractivity contribution in [3.05, 3.63) is 332 Å². The van der Waals surface area contributed by atoms with E-state index < -0.39 is 48.3 Å². The zero-order valence-electron chi connectivity index (χ0n) is 59.7. The van der Waals surface area contributed by atoms with Crippen molar-refractivity contribution in [3.63, 3.8) is 0 Å². The topological polar surface area (TPSA) is 41.6 Å². The third-order valence-corrected chi connectivity index (χ3v) is 15.3. The SMILES string of the molecule is Brc1ccc(-c2cccc3c2oc2ccccc23)cc1.[2H]c1c([2H])c([2H])c2c(N(c3ccc(-c4ccccc4)cc3)c3ccc(-c4cccc5c4oc4ccccc45)cc3)c([2H])c([2H])c([2H])c2c1[2H].[2H]c1c([2H])c([2H])c2c(Nc3ccc(-c4ccccc4)cc3)c([2H])c([2H])c([2H])c2c1[2H].[P-3]. The first-order chi connectivity index (χ1) is 47.9. The second-order valence-electron chi connectivity index (χ2n) is 19.9. The van der Waals surface area contributed by atoms with Crippen LogP contribution in [-0.4, -0.2) is 0 Å². The van der Waals surface area contributed by atoms with Crippen molar-refractivity contribution >= 4 is 120 Å². The van der Waals surface area contributed by atoms with Crippen LogP contribution >= 0.6 is 25.8 Å². The Morgan fingerprint density at radius 3 is 1.28 bits per heavy atom. The van der Waals surface area contributed by atoms with Gasteiger partial charge < -0.3 is 28.9 Å². The first-order valence-electron chi connectivity index (χ1n) is 34.4. The molecule has 0 aliphatic rings. The predicted molar refractivity (Wildman–Crippen MR) is 370 cm³/mol. The van der Waals surface area contributed by atoms with E-state index in [2.05, 4.69) is 69.8 Å². The lowest BCUT2D eigenvalue weighted by molar-refractivity contribution is 0.669. The van der Waals surface area contributed by atoms with Crippen LogP contribution in [0.4, 0.5) is 28.4 Å².